The zero-order valence-electron chi connectivity index (χ0n) is 10.1. The van der Waals surface area contributed by atoms with Gasteiger partial charge in [-0.15, -0.1) is 0 Å². The second kappa shape index (κ2) is 5.12. The Morgan fingerprint density at radius 3 is 2.56 bits per heavy atom. The van der Waals surface area contributed by atoms with Gasteiger partial charge in [0.2, 0.25) is 5.16 Å². The molecule has 1 aromatic heterocycles. The van der Waals surface area contributed by atoms with Gasteiger partial charge >= 0.3 is 0 Å². The Morgan fingerprint density at radius 1 is 1.28 bits per heavy atom. The monoisotopic (exact) mass is 284 g/mol. The van der Waals surface area contributed by atoms with Crippen LogP contribution in [0.2, 0.25) is 0 Å². The average molecular weight is 284 g/mol. The summed E-state index contributed by atoms with van der Waals surface area (Å²) in [5, 5.41) is 11.3. The van der Waals surface area contributed by atoms with Crippen LogP contribution < -0.4 is 0 Å². The number of tetrazole rings is 1. The van der Waals surface area contributed by atoms with Crippen molar-refractivity contribution < 1.29 is 8.77 Å². The minimum atomic E-state index is -2.38. The molecule has 0 radical (unpaired) electrons. The first-order valence-corrected chi connectivity index (χ1v) is 9.34. The molecule has 0 bridgehead atoms. The van der Waals surface area contributed by atoms with Crippen molar-refractivity contribution in [2.45, 2.75) is 5.16 Å². The SMILES string of the molecule is CP(C)(=O)CS(=O)c1nnnn1-c1ccccc1. The molecule has 2 aromatic rings. The molecule has 0 amide bonds. The summed E-state index contributed by atoms with van der Waals surface area (Å²) in [5.41, 5.74) is 0.813. The summed E-state index contributed by atoms with van der Waals surface area (Å²) in [5.74, 6) is 0. The minimum Gasteiger partial charge on any atom is -0.323 e. The van der Waals surface area contributed by atoms with Crippen molar-refractivity contribution in [2.24, 2.45) is 0 Å². The molecular formula is C10H13N4O2PS. The number of rotatable bonds is 4. The molecule has 1 unspecified atom stereocenters. The maximum Gasteiger partial charge on any atom is 0.244 e. The number of hydrogen-bond donors (Lipinski definition) is 0. The predicted molar refractivity (Wildman–Crippen MR) is 69.9 cm³/mol. The van der Waals surface area contributed by atoms with Crippen LogP contribution in [0.3, 0.4) is 0 Å². The molecule has 0 aliphatic carbocycles. The Kier molecular flexibility index (Phi) is 3.73. The summed E-state index contributed by atoms with van der Waals surface area (Å²) in [6, 6.07) is 9.18. The largest absolute Gasteiger partial charge is 0.323 e. The summed E-state index contributed by atoms with van der Waals surface area (Å²) >= 11 is 0. The van der Waals surface area contributed by atoms with E-state index in [2.05, 4.69) is 15.5 Å². The van der Waals surface area contributed by atoms with E-state index in [1.54, 1.807) is 13.3 Å². The summed E-state index contributed by atoms with van der Waals surface area (Å²) in [6.45, 7) is 3.20. The highest BCUT2D eigenvalue weighted by atomic mass is 32.2. The van der Waals surface area contributed by atoms with Crippen molar-refractivity contribution >= 4 is 17.9 Å². The van der Waals surface area contributed by atoms with Gasteiger partial charge in [-0.3, -0.25) is 4.21 Å². The fourth-order valence-electron chi connectivity index (χ4n) is 1.39. The van der Waals surface area contributed by atoms with Crippen LogP contribution in [0.15, 0.2) is 35.5 Å². The van der Waals surface area contributed by atoms with Crippen LogP contribution in [-0.4, -0.2) is 43.2 Å². The Labute approximate surface area is 107 Å². The van der Waals surface area contributed by atoms with Gasteiger partial charge in [0.15, 0.2) is 0 Å². The molecule has 0 fully saturated rings. The van der Waals surface area contributed by atoms with E-state index in [0.29, 0.717) is 0 Å². The smallest absolute Gasteiger partial charge is 0.244 e. The third kappa shape index (κ3) is 3.11. The van der Waals surface area contributed by atoms with Gasteiger partial charge in [0.05, 0.1) is 18.3 Å². The normalized spacial score (nSPS) is 13.4. The van der Waals surface area contributed by atoms with E-state index in [1.807, 2.05) is 30.3 Å². The van der Waals surface area contributed by atoms with Gasteiger partial charge in [0.1, 0.15) is 10.8 Å². The van der Waals surface area contributed by atoms with Crippen molar-refractivity contribution in [3.8, 4) is 5.69 Å². The number of hydrogen-bond acceptors (Lipinski definition) is 5. The van der Waals surface area contributed by atoms with Crippen molar-refractivity contribution in [1.82, 2.24) is 20.2 Å². The highest BCUT2D eigenvalue weighted by Crippen LogP contribution is 2.37. The Morgan fingerprint density at radius 2 is 1.94 bits per heavy atom. The molecule has 96 valence electrons. The highest BCUT2D eigenvalue weighted by Gasteiger charge is 2.20. The maximum absolute atomic E-state index is 12.1. The van der Waals surface area contributed by atoms with Gasteiger partial charge < -0.3 is 4.57 Å². The molecule has 0 saturated heterocycles. The van der Waals surface area contributed by atoms with E-state index in [-0.39, 0.29) is 10.7 Å². The van der Waals surface area contributed by atoms with Crippen molar-refractivity contribution in [3.05, 3.63) is 30.3 Å². The fourth-order valence-corrected chi connectivity index (χ4v) is 4.58. The molecule has 0 aliphatic rings. The van der Waals surface area contributed by atoms with Crippen LogP contribution in [0.5, 0.6) is 0 Å². The Balaban J connectivity index is 2.34. The Hall–Kier alpha value is -1.33. The summed E-state index contributed by atoms with van der Waals surface area (Å²) in [6.07, 6.45) is 0. The van der Waals surface area contributed by atoms with Crippen molar-refractivity contribution in [3.63, 3.8) is 0 Å². The first-order valence-electron chi connectivity index (χ1n) is 5.23. The van der Waals surface area contributed by atoms with Crippen LogP contribution in [-0.2, 0) is 15.4 Å². The van der Waals surface area contributed by atoms with E-state index in [4.69, 9.17) is 0 Å². The molecule has 1 atom stereocenters. The third-order valence-electron chi connectivity index (χ3n) is 2.07. The minimum absolute atomic E-state index is 0.0835. The van der Waals surface area contributed by atoms with Crippen LogP contribution in [0.4, 0.5) is 0 Å². The van der Waals surface area contributed by atoms with E-state index in [0.717, 1.165) is 5.69 Å². The maximum atomic E-state index is 12.1. The lowest BCUT2D eigenvalue weighted by molar-refractivity contribution is 0.584. The van der Waals surface area contributed by atoms with Crippen molar-refractivity contribution in [2.75, 3.05) is 18.8 Å². The van der Waals surface area contributed by atoms with E-state index in [9.17, 15) is 8.77 Å². The molecule has 0 saturated carbocycles. The van der Waals surface area contributed by atoms with Crippen LogP contribution in [0.25, 0.3) is 5.69 Å². The lowest BCUT2D eigenvalue weighted by Crippen LogP contribution is -2.08. The average Bonchev–Trinajstić information content (AvgIpc) is 2.76. The molecule has 0 spiro atoms. The summed E-state index contributed by atoms with van der Waals surface area (Å²) < 4.78 is 25.2. The van der Waals surface area contributed by atoms with Crippen LogP contribution >= 0.6 is 7.14 Å². The zero-order chi connectivity index (χ0) is 13.2. The standard InChI is InChI=1S/C10H13N4O2PS/c1-17(2,15)8-18(16)10-11-12-13-14(10)9-6-4-3-5-7-9/h3-7H,8H2,1-2H3. The van der Waals surface area contributed by atoms with Crippen LogP contribution in [0.1, 0.15) is 0 Å². The van der Waals surface area contributed by atoms with Gasteiger partial charge in [-0.1, -0.05) is 23.3 Å². The number of nitrogens with zero attached hydrogens (tertiary/aromatic N) is 4. The molecule has 0 N–H and O–H groups in total. The third-order valence-corrected chi connectivity index (χ3v) is 6.16. The molecule has 8 heteroatoms. The molecule has 0 aliphatic heterocycles. The van der Waals surface area contributed by atoms with Gasteiger partial charge in [0, 0.05) is 0 Å². The van der Waals surface area contributed by atoms with Gasteiger partial charge in [-0.25, -0.2) is 0 Å². The van der Waals surface area contributed by atoms with Gasteiger partial charge in [-0.05, 0) is 35.9 Å². The van der Waals surface area contributed by atoms with Crippen LogP contribution in [0, 0.1) is 0 Å². The van der Waals surface area contributed by atoms with Crippen molar-refractivity contribution in [1.29, 1.82) is 0 Å². The van der Waals surface area contributed by atoms with Gasteiger partial charge in [0.25, 0.3) is 0 Å². The summed E-state index contributed by atoms with van der Waals surface area (Å²) in [4.78, 5) is 0. The van der Waals surface area contributed by atoms with E-state index < -0.39 is 17.9 Å². The van der Waals surface area contributed by atoms with E-state index >= 15 is 0 Å². The number of benzene rings is 1. The first-order chi connectivity index (χ1) is 8.47. The number of aromatic nitrogens is 4. The number of para-hydroxylation sites is 1. The topological polar surface area (TPSA) is 77.7 Å². The first kappa shape index (κ1) is 13.1. The molecule has 18 heavy (non-hydrogen) atoms. The lowest BCUT2D eigenvalue weighted by Gasteiger charge is -2.06. The molecule has 1 aromatic carbocycles. The summed E-state index contributed by atoms with van der Waals surface area (Å²) in [7, 11) is -3.85. The van der Waals surface area contributed by atoms with E-state index in [1.165, 1.54) is 4.68 Å². The quantitative estimate of drug-likeness (QED) is 0.792. The van der Waals surface area contributed by atoms with Gasteiger partial charge in [-0.2, -0.15) is 4.68 Å². The second-order valence-electron chi connectivity index (χ2n) is 4.26. The molecular weight excluding hydrogens is 271 g/mol. The zero-order valence-corrected chi connectivity index (χ0v) is 11.8. The highest BCUT2D eigenvalue weighted by molar-refractivity contribution is 7.93. The Bertz CT molecular complexity index is 607. The predicted octanol–water partition coefficient (Wildman–Crippen LogP) is 1.35. The second-order valence-corrected chi connectivity index (χ2v) is 9.49. The molecule has 1 heterocycles. The lowest BCUT2D eigenvalue weighted by atomic mass is 10.3. The molecule has 2 rings (SSSR count). The molecule has 6 nitrogen and oxygen atoms in total. The fraction of sp³-hybridized carbons (Fsp3) is 0.300.